The second-order valence-electron chi connectivity index (χ2n) is 8.44. The molecule has 0 spiro atoms. The number of carbonyl (C=O) groups excluding carboxylic acids is 1. The molecular formula is C28H31N3O3. The average molecular weight is 458 g/mol. The number of esters is 1. The van der Waals surface area contributed by atoms with Crippen LogP contribution >= 0.6 is 0 Å². The Morgan fingerprint density at radius 1 is 1.09 bits per heavy atom. The van der Waals surface area contributed by atoms with Gasteiger partial charge in [0.15, 0.2) is 0 Å². The molecule has 4 aromatic rings. The van der Waals surface area contributed by atoms with E-state index in [0.29, 0.717) is 11.3 Å². The molecule has 34 heavy (non-hydrogen) atoms. The minimum Gasteiger partial charge on any atom is -0.496 e. The molecule has 2 aromatic heterocycles. The van der Waals surface area contributed by atoms with Crippen molar-refractivity contribution in [3.8, 4) is 5.75 Å². The number of aryl methyl sites for hydroxylation is 1. The summed E-state index contributed by atoms with van der Waals surface area (Å²) in [5.41, 5.74) is 6.46. The van der Waals surface area contributed by atoms with E-state index in [1.54, 1.807) is 25.4 Å². The van der Waals surface area contributed by atoms with Gasteiger partial charge in [-0.1, -0.05) is 24.3 Å². The molecule has 0 saturated heterocycles. The van der Waals surface area contributed by atoms with Gasteiger partial charge in [-0.25, -0.2) is 4.79 Å². The molecule has 0 N–H and O–H groups in total. The minimum absolute atomic E-state index is 0.334. The third-order valence-corrected chi connectivity index (χ3v) is 6.45. The fraction of sp³-hybridized carbons (Fsp3) is 0.286. The van der Waals surface area contributed by atoms with Gasteiger partial charge >= 0.3 is 5.97 Å². The van der Waals surface area contributed by atoms with E-state index in [9.17, 15) is 4.79 Å². The Kier molecular flexibility index (Phi) is 6.59. The number of hydrogen-bond acceptors (Lipinski definition) is 5. The van der Waals surface area contributed by atoms with Crippen molar-refractivity contribution in [1.29, 1.82) is 0 Å². The van der Waals surface area contributed by atoms with Gasteiger partial charge in [0.2, 0.25) is 0 Å². The van der Waals surface area contributed by atoms with Crippen LogP contribution < -0.4 is 9.64 Å². The first-order valence-electron chi connectivity index (χ1n) is 11.4. The molecule has 0 saturated carbocycles. The number of methoxy groups -OCH3 is 2. The number of ether oxygens (including phenoxy) is 2. The van der Waals surface area contributed by atoms with Crippen LogP contribution in [0, 0.1) is 6.92 Å². The van der Waals surface area contributed by atoms with E-state index in [1.165, 1.54) is 7.11 Å². The van der Waals surface area contributed by atoms with Gasteiger partial charge in [0.1, 0.15) is 5.75 Å². The average Bonchev–Trinajstić information content (AvgIpc) is 3.15. The first-order valence-corrected chi connectivity index (χ1v) is 11.4. The lowest BCUT2D eigenvalue weighted by molar-refractivity contribution is 0.0598. The lowest BCUT2D eigenvalue weighted by Gasteiger charge is -2.24. The Balaban J connectivity index is 2.11. The fourth-order valence-corrected chi connectivity index (χ4v) is 4.82. The summed E-state index contributed by atoms with van der Waals surface area (Å²) in [5.74, 6) is -0.00146. The van der Waals surface area contributed by atoms with Crippen molar-refractivity contribution in [2.75, 3.05) is 33.2 Å². The molecule has 176 valence electrons. The Hall–Kier alpha value is -3.80. The molecule has 0 aliphatic heterocycles. The van der Waals surface area contributed by atoms with Crippen LogP contribution in [0.1, 0.15) is 45.7 Å². The Bertz CT molecular complexity index is 1340. The molecule has 0 aliphatic rings. The number of pyridine rings is 1. The Morgan fingerprint density at radius 3 is 2.53 bits per heavy atom. The van der Waals surface area contributed by atoms with Gasteiger partial charge in [0.05, 0.1) is 31.4 Å². The highest BCUT2D eigenvalue weighted by Gasteiger charge is 2.31. The van der Waals surface area contributed by atoms with E-state index in [2.05, 4.69) is 48.7 Å². The van der Waals surface area contributed by atoms with Gasteiger partial charge in [-0.15, -0.1) is 0 Å². The summed E-state index contributed by atoms with van der Waals surface area (Å²) < 4.78 is 13.3. The molecule has 0 bridgehead atoms. The van der Waals surface area contributed by atoms with Gasteiger partial charge in [0, 0.05) is 60.8 Å². The van der Waals surface area contributed by atoms with Crippen LogP contribution in [0.15, 0.2) is 60.8 Å². The number of aromatic nitrogens is 2. The van der Waals surface area contributed by atoms with Gasteiger partial charge in [-0.3, -0.25) is 4.98 Å². The summed E-state index contributed by atoms with van der Waals surface area (Å²) in [4.78, 5) is 19.6. The molecule has 0 radical (unpaired) electrons. The summed E-state index contributed by atoms with van der Waals surface area (Å²) in [7, 11) is 7.07. The lowest BCUT2D eigenvalue weighted by atomic mass is 9.83. The number of rotatable bonds is 7. The first kappa shape index (κ1) is 23.4. The van der Waals surface area contributed by atoms with E-state index in [-0.39, 0.29) is 5.92 Å². The molecule has 2 aromatic carbocycles. The van der Waals surface area contributed by atoms with Crippen LogP contribution in [0.2, 0.25) is 0 Å². The number of carbonyl (C=O) groups is 1. The second kappa shape index (κ2) is 9.59. The summed E-state index contributed by atoms with van der Waals surface area (Å²) in [5, 5.41) is 1.13. The maximum atomic E-state index is 12.8. The molecule has 6 heteroatoms. The van der Waals surface area contributed by atoms with Crippen molar-refractivity contribution in [1.82, 2.24) is 9.55 Å². The zero-order chi connectivity index (χ0) is 24.4. The third-order valence-electron chi connectivity index (χ3n) is 6.45. The SMILES string of the molecule is CCn1c(C)c(C(c2ccc(N(C)C)cc2OC)c2ncccc2C(=O)OC)c2ccccc21. The predicted octanol–water partition coefficient (Wildman–Crippen LogP) is 5.41. The zero-order valence-electron chi connectivity index (χ0n) is 20.6. The zero-order valence-corrected chi connectivity index (χ0v) is 20.6. The monoisotopic (exact) mass is 457 g/mol. The number of fused-ring (bicyclic) bond motifs is 1. The number of nitrogens with zero attached hydrogens (tertiary/aromatic N) is 3. The standard InChI is InChI=1S/C28H31N3O3/c1-7-31-18(2)25(20-11-8-9-13-23(20)31)26(27-22(28(32)34-6)12-10-16-29-27)21-15-14-19(30(3)4)17-24(21)33-5/h8-17,26H,7H2,1-6H3. The molecule has 0 amide bonds. The molecule has 0 fully saturated rings. The summed E-state index contributed by atoms with van der Waals surface area (Å²) >= 11 is 0. The van der Waals surface area contributed by atoms with Crippen LogP contribution in [-0.4, -0.2) is 43.8 Å². The largest absolute Gasteiger partial charge is 0.496 e. The summed E-state index contributed by atoms with van der Waals surface area (Å²) in [6, 6.07) is 18.1. The highest BCUT2D eigenvalue weighted by molar-refractivity contribution is 5.93. The topological polar surface area (TPSA) is 56.6 Å². The maximum absolute atomic E-state index is 12.8. The van der Waals surface area contributed by atoms with Crippen LogP contribution in [0.3, 0.4) is 0 Å². The van der Waals surface area contributed by atoms with Crippen molar-refractivity contribution in [2.45, 2.75) is 26.3 Å². The Morgan fingerprint density at radius 2 is 1.85 bits per heavy atom. The molecule has 1 unspecified atom stereocenters. The Labute approximate surface area is 200 Å². The number of anilines is 1. The normalized spacial score (nSPS) is 11.9. The number of para-hydroxylation sites is 1. The molecule has 2 heterocycles. The summed E-state index contributed by atoms with van der Waals surface area (Å²) in [6.07, 6.45) is 1.73. The maximum Gasteiger partial charge on any atom is 0.339 e. The molecule has 4 rings (SSSR count). The fourth-order valence-electron chi connectivity index (χ4n) is 4.82. The van der Waals surface area contributed by atoms with E-state index in [4.69, 9.17) is 14.5 Å². The van der Waals surface area contributed by atoms with Gasteiger partial charge in [-0.2, -0.15) is 0 Å². The third kappa shape index (κ3) is 3.89. The molecule has 6 nitrogen and oxygen atoms in total. The smallest absolute Gasteiger partial charge is 0.339 e. The van der Waals surface area contributed by atoms with Crippen LogP contribution in [-0.2, 0) is 11.3 Å². The lowest BCUT2D eigenvalue weighted by Crippen LogP contribution is -2.16. The van der Waals surface area contributed by atoms with Crippen molar-refractivity contribution < 1.29 is 14.3 Å². The minimum atomic E-state index is -0.408. The molecule has 1 atom stereocenters. The van der Waals surface area contributed by atoms with E-state index in [1.807, 2.05) is 31.1 Å². The van der Waals surface area contributed by atoms with Crippen LogP contribution in [0.4, 0.5) is 5.69 Å². The van der Waals surface area contributed by atoms with Crippen molar-refractivity contribution >= 4 is 22.6 Å². The highest BCUT2D eigenvalue weighted by atomic mass is 16.5. The number of benzene rings is 2. The van der Waals surface area contributed by atoms with Gasteiger partial charge in [-0.05, 0) is 43.7 Å². The van der Waals surface area contributed by atoms with Crippen molar-refractivity contribution in [2.24, 2.45) is 0 Å². The van der Waals surface area contributed by atoms with Crippen molar-refractivity contribution in [3.63, 3.8) is 0 Å². The quantitative estimate of drug-likeness (QED) is 0.348. The van der Waals surface area contributed by atoms with Crippen LogP contribution in [0.25, 0.3) is 10.9 Å². The van der Waals surface area contributed by atoms with Gasteiger partial charge in [0.25, 0.3) is 0 Å². The molecule has 0 aliphatic carbocycles. The van der Waals surface area contributed by atoms with E-state index in [0.717, 1.165) is 45.7 Å². The second-order valence-corrected chi connectivity index (χ2v) is 8.44. The van der Waals surface area contributed by atoms with Gasteiger partial charge < -0.3 is 18.9 Å². The van der Waals surface area contributed by atoms with Crippen molar-refractivity contribution in [3.05, 3.63) is 88.9 Å². The van der Waals surface area contributed by atoms with E-state index >= 15 is 0 Å². The first-order chi connectivity index (χ1) is 16.4. The summed E-state index contributed by atoms with van der Waals surface area (Å²) in [6.45, 7) is 5.11. The van der Waals surface area contributed by atoms with E-state index < -0.39 is 5.97 Å². The highest BCUT2D eigenvalue weighted by Crippen LogP contribution is 2.44. The number of hydrogen-bond donors (Lipinski definition) is 0. The molecular weight excluding hydrogens is 426 g/mol. The predicted molar refractivity (Wildman–Crippen MR) is 136 cm³/mol. The van der Waals surface area contributed by atoms with Crippen LogP contribution in [0.5, 0.6) is 5.75 Å².